The highest BCUT2D eigenvalue weighted by Crippen LogP contribution is 2.27. The van der Waals surface area contributed by atoms with Crippen LogP contribution in [0, 0.1) is 0 Å². The molecule has 1 rings (SSSR count). The number of anilines is 2. The summed E-state index contributed by atoms with van der Waals surface area (Å²) < 4.78 is 10.3. The standard InChI is InChI=1S/C13H20N2O3/c1-13(2,3)18-12(16)15(4)9-6-7-11(17-5)10(14)8-9/h6-8H,14H2,1-5H3. The van der Waals surface area contributed by atoms with Crippen LogP contribution in [-0.4, -0.2) is 25.9 Å². The van der Waals surface area contributed by atoms with Gasteiger partial charge >= 0.3 is 6.09 Å². The van der Waals surface area contributed by atoms with Crippen LogP contribution in [-0.2, 0) is 4.74 Å². The fraction of sp³-hybridized carbons (Fsp3) is 0.462. The molecule has 2 N–H and O–H groups in total. The summed E-state index contributed by atoms with van der Waals surface area (Å²) in [6.45, 7) is 5.46. The number of hydrogen-bond donors (Lipinski definition) is 1. The van der Waals surface area contributed by atoms with Gasteiger partial charge in [-0.2, -0.15) is 0 Å². The largest absolute Gasteiger partial charge is 0.495 e. The molecule has 0 radical (unpaired) electrons. The smallest absolute Gasteiger partial charge is 0.414 e. The van der Waals surface area contributed by atoms with E-state index in [0.29, 0.717) is 17.1 Å². The van der Waals surface area contributed by atoms with Gasteiger partial charge in [0.05, 0.1) is 12.8 Å². The van der Waals surface area contributed by atoms with Crippen molar-refractivity contribution in [3.63, 3.8) is 0 Å². The number of ether oxygens (including phenoxy) is 2. The van der Waals surface area contributed by atoms with Crippen molar-refractivity contribution >= 4 is 17.5 Å². The summed E-state index contributed by atoms with van der Waals surface area (Å²) in [5.41, 5.74) is 6.40. The number of rotatable bonds is 2. The zero-order valence-electron chi connectivity index (χ0n) is 11.5. The molecule has 0 spiro atoms. The zero-order chi connectivity index (χ0) is 13.9. The van der Waals surface area contributed by atoms with E-state index in [9.17, 15) is 4.79 Å². The average molecular weight is 252 g/mol. The SMILES string of the molecule is COc1ccc(N(C)C(=O)OC(C)(C)C)cc1N. The molecule has 0 aliphatic carbocycles. The fourth-order valence-corrected chi connectivity index (χ4v) is 1.37. The Bertz CT molecular complexity index is 438. The number of carbonyl (C=O) groups is 1. The van der Waals surface area contributed by atoms with Gasteiger partial charge in [-0.05, 0) is 39.0 Å². The first-order valence-electron chi connectivity index (χ1n) is 5.65. The van der Waals surface area contributed by atoms with Crippen molar-refractivity contribution in [2.24, 2.45) is 0 Å². The minimum Gasteiger partial charge on any atom is -0.495 e. The first kappa shape index (κ1) is 14.2. The monoisotopic (exact) mass is 252 g/mol. The Kier molecular flexibility index (Phi) is 4.06. The first-order chi connectivity index (χ1) is 8.24. The number of nitrogens with zero attached hydrogens (tertiary/aromatic N) is 1. The summed E-state index contributed by atoms with van der Waals surface area (Å²) >= 11 is 0. The van der Waals surface area contributed by atoms with Crippen molar-refractivity contribution in [3.05, 3.63) is 18.2 Å². The van der Waals surface area contributed by atoms with Crippen molar-refractivity contribution in [2.75, 3.05) is 24.8 Å². The predicted octanol–water partition coefficient (Wildman–Crippen LogP) is 2.65. The number of methoxy groups -OCH3 is 1. The van der Waals surface area contributed by atoms with Crippen LogP contribution < -0.4 is 15.4 Å². The highest BCUT2D eigenvalue weighted by atomic mass is 16.6. The number of nitrogens with two attached hydrogens (primary N) is 1. The van der Waals surface area contributed by atoms with E-state index in [1.165, 1.54) is 4.90 Å². The van der Waals surface area contributed by atoms with Crippen LogP contribution in [0.25, 0.3) is 0 Å². The Morgan fingerprint density at radius 3 is 2.39 bits per heavy atom. The Balaban J connectivity index is 2.87. The van der Waals surface area contributed by atoms with Crippen LogP contribution in [0.2, 0.25) is 0 Å². The number of benzene rings is 1. The molecule has 0 atom stereocenters. The summed E-state index contributed by atoms with van der Waals surface area (Å²) in [5, 5.41) is 0. The Morgan fingerprint density at radius 1 is 1.33 bits per heavy atom. The molecule has 0 heterocycles. The van der Waals surface area contributed by atoms with Gasteiger partial charge in [0.15, 0.2) is 0 Å². The van der Waals surface area contributed by atoms with E-state index < -0.39 is 11.7 Å². The third-order valence-corrected chi connectivity index (χ3v) is 2.27. The minimum absolute atomic E-state index is 0.424. The molecule has 0 aliphatic rings. The number of hydrogen-bond acceptors (Lipinski definition) is 4. The van der Waals surface area contributed by atoms with Crippen molar-refractivity contribution in [1.82, 2.24) is 0 Å². The molecule has 1 aromatic rings. The Morgan fingerprint density at radius 2 is 1.94 bits per heavy atom. The summed E-state index contributed by atoms with van der Waals surface area (Å²) in [7, 11) is 3.18. The molecular weight excluding hydrogens is 232 g/mol. The van der Waals surface area contributed by atoms with E-state index >= 15 is 0 Å². The maximum atomic E-state index is 11.9. The van der Waals surface area contributed by atoms with E-state index in [0.717, 1.165) is 0 Å². The topological polar surface area (TPSA) is 64.8 Å². The third-order valence-electron chi connectivity index (χ3n) is 2.27. The van der Waals surface area contributed by atoms with E-state index in [4.69, 9.17) is 15.2 Å². The van der Waals surface area contributed by atoms with Gasteiger partial charge in [0.1, 0.15) is 11.4 Å². The van der Waals surface area contributed by atoms with E-state index in [-0.39, 0.29) is 0 Å². The van der Waals surface area contributed by atoms with Gasteiger partial charge in [-0.15, -0.1) is 0 Å². The van der Waals surface area contributed by atoms with Crippen LogP contribution in [0.5, 0.6) is 5.75 Å². The van der Waals surface area contributed by atoms with E-state index in [2.05, 4.69) is 0 Å². The van der Waals surface area contributed by atoms with Gasteiger partial charge in [-0.1, -0.05) is 0 Å². The molecule has 0 aromatic heterocycles. The molecule has 0 aliphatic heterocycles. The molecule has 100 valence electrons. The summed E-state index contributed by atoms with van der Waals surface area (Å²) in [6, 6.07) is 5.13. The molecule has 1 aromatic carbocycles. The Labute approximate surface area is 107 Å². The highest BCUT2D eigenvalue weighted by molar-refractivity contribution is 5.88. The summed E-state index contributed by atoms with van der Waals surface area (Å²) in [5.74, 6) is 0.580. The van der Waals surface area contributed by atoms with Crippen molar-refractivity contribution in [3.8, 4) is 5.75 Å². The van der Waals surface area contributed by atoms with Gasteiger partial charge in [0.2, 0.25) is 0 Å². The maximum absolute atomic E-state index is 11.9. The minimum atomic E-state index is -0.524. The molecule has 0 unspecified atom stereocenters. The normalized spacial score (nSPS) is 10.9. The second-order valence-electron chi connectivity index (χ2n) is 4.97. The molecule has 0 saturated carbocycles. The Hall–Kier alpha value is -1.91. The maximum Gasteiger partial charge on any atom is 0.414 e. The molecule has 0 saturated heterocycles. The van der Waals surface area contributed by atoms with Gasteiger partial charge in [0.25, 0.3) is 0 Å². The van der Waals surface area contributed by atoms with E-state index in [1.807, 2.05) is 20.8 Å². The van der Waals surface area contributed by atoms with Gasteiger partial charge in [-0.3, -0.25) is 4.90 Å². The van der Waals surface area contributed by atoms with Crippen LogP contribution in [0.15, 0.2) is 18.2 Å². The number of nitrogen functional groups attached to an aromatic ring is 1. The van der Waals surface area contributed by atoms with Gasteiger partial charge < -0.3 is 15.2 Å². The van der Waals surface area contributed by atoms with Crippen molar-refractivity contribution in [2.45, 2.75) is 26.4 Å². The summed E-state index contributed by atoms with van der Waals surface area (Å²) in [4.78, 5) is 13.3. The predicted molar refractivity (Wildman–Crippen MR) is 72.0 cm³/mol. The molecular formula is C13H20N2O3. The van der Waals surface area contributed by atoms with Crippen LogP contribution in [0.1, 0.15) is 20.8 Å². The third kappa shape index (κ3) is 3.55. The lowest BCUT2D eigenvalue weighted by Crippen LogP contribution is -2.34. The lowest BCUT2D eigenvalue weighted by molar-refractivity contribution is 0.0589. The van der Waals surface area contributed by atoms with Gasteiger partial charge in [0, 0.05) is 12.7 Å². The zero-order valence-corrected chi connectivity index (χ0v) is 11.5. The second kappa shape index (κ2) is 5.16. The summed E-state index contributed by atoms with van der Waals surface area (Å²) in [6.07, 6.45) is -0.424. The van der Waals surface area contributed by atoms with Crippen molar-refractivity contribution in [1.29, 1.82) is 0 Å². The molecule has 5 nitrogen and oxygen atoms in total. The van der Waals surface area contributed by atoms with Gasteiger partial charge in [-0.25, -0.2) is 4.79 Å². The molecule has 5 heteroatoms. The highest BCUT2D eigenvalue weighted by Gasteiger charge is 2.20. The molecule has 18 heavy (non-hydrogen) atoms. The molecule has 0 bridgehead atoms. The van der Waals surface area contributed by atoms with Crippen molar-refractivity contribution < 1.29 is 14.3 Å². The second-order valence-corrected chi connectivity index (χ2v) is 4.97. The molecule has 1 amide bonds. The van der Waals surface area contributed by atoms with Crippen LogP contribution in [0.4, 0.5) is 16.2 Å². The van der Waals surface area contributed by atoms with Crippen LogP contribution >= 0.6 is 0 Å². The quantitative estimate of drug-likeness (QED) is 0.822. The molecule has 0 fully saturated rings. The number of carbonyl (C=O) groups excluding carboxylic acids is 1. The average Bonchev–Trinajstić information content (AvgIpc) is 2.25. The number of amides is 1. The first-order valence-corrected chi connectivity index (χ1v) is 5.65. The van der Waals surface area contributed by atoms with Crippen LogP contribution in [0.3, 0.4) is 0 Å². The fourth-order valence-electron chi connectivity index (χ4n) is 1.37. The lowest BCUT2D eigenvalue weighted by Gasteiger charge is -2.25. The lowest BCUT2D eigenvalue weighted by atomic mass is 10.2. The van der Waals surface area contributed by atoms with E-state index in [1.54, 1.807) is 32.4 Å².